The van der Waals surface area contributed by atoms with Gasteiger partial charge in [-0.1, -0.05) is 12.1 Å². The van der Waals surface area contributed by atoms with E-state index in [1.165, 1.54) is 4.90 Å². The first-order chi connectivity index (χ1) is 17.8. The average molecular weight is 533 g/mol. The Kier molecular flexibility index (Phi) is 9.90. The number of cyclic esters (lactones) is 1. The smallest absolute Gasteiger partial charge is 0.410 e. The number of carbonyl (C=O) groups excluding carboxylic acids is 3. The van der Waals surface area contributed by atoms with Crippen molar-refractivity contribution in [3.8, 4) is 5.75 Å². The van der Waals surface area contributed by atoms with Gasteiger partial charge in [0.05, 0.1) is 12.6 Å². The Bertz CT molecular complexity index is 941. The molecule has 1 aromatic rings. The van der Waals surface area contributed by atoms with Gasteiger partial charge in [-0.05, 0) is 97.3 Å². The second-order valence-corrected chi connectivity index (χ2v) is 12.2. The molecular formula is C29H44N2O7. The van der Waals surface area contributed by atoms with Crippen molar-refractivity contribution in [2.75, 3.05) is 32.8 Å². The SMILES string of the molecule is CC(C)(C)OC(=O)CN1C(=O)OC[C@@H]1Cc1ccc(OCCCC2CCN(C(=O)OC(C)(C)C)CC2)cc1. The first-order valence-electron chi connectivity index (χ1n) is 13.6. The van der Waals surface area contributed by atoms with Crippen LogP contribution < -0.4 is 4.74 Å². The van der Waals surface area contributed by atoms with Crippen LogP contribution in [0, 0.1) is 5.92 Å². The van der Waals surface area contributed by atoms with Crippen LogP contribution in [-0.2, 0) is 25.4 Å². The van der Waals surface area contributed by atoms with E-state index in [2.05, 4.69) is 0 Å². The van der Waals surface area contributed by atoms with Crippen molar-refractivity contribution in [1.82, 2.24) is 9.80 Å². The highest BCUT2D eigenvalue weighted by atomic mass is 16.6. The van der Waals surface area contributed by atoms with E-state index < -0.39 is 23.3 Å². The van der Waals surface area contributed by atoms with Crippen molar-refractivity contribution >= 4 is 18.2 Å². The maximum absolute atomic E-state index is 12.2. The van der Waals surface area contributed by atoms with E-state index in [9.17, 15) is 14.4 Å². The largest absolute Gasteiger partial charge is 0.494 e. The summed E-state index contributed by atoms with van der Waals surface area (Å²) in [5, 5.41) is 0. The second kappa shape index (κ2) is 12.7. The van der Waals surface area contributed by atoms with Crippen LogP contribution >= 0.6 is 0 Å². The third-order valence-corrected chi connectivity index (χ3v) is 6.48. The molecule has 2 saturated heterocycles. The zero-order valence-corrected chi connectivity index (χ0v) is 23.8. The maximum atomic E-state index is 12.2. The van der Waals surface area contributed by atoms with Gasteiger partial charge < -0.3 is 23.8 Å². The Morgan fingerprint density at radius 1 is 0.974 bits per heavy atom. The first kappa shape index (κ1) is 29.6. The van der Waals surface area contributed by atoms with E-state index in [0.717, 1.165) is 50.1 Å². The molecule has 9 heteroatoms. The minimum atomic E-state index is -0.606. The van der Waals surface area contributed by atoms with Crippen LogP contribution in [0.25, 0.3) is 0 Å². The summed E-state index contributed by atoms with van der Waals surface area (Å²) in [5.74, 6) is 0.955. The minimum absolute atomic E-state index is 0.123. The monoisotopic (exact) mass is 532 g/mol. The fourth-order valence-electron chi connectivity index (χ4n) is 4.65. The van der Waals surface area contributed by atoms with E-state index in [0.29, 0.717) is 18.9 Å². The number of rotatable bonds is 9. The fraction of sp³-hybridized carbons (Fsp3) is 0.690. The molecule has 38 heavy (non-hydrogen) atoms. The Hall–Kier alpha value is -2.97. The second-order valence-electron chi connectivity index (χ2n) is 12.2. The van der Waals surface area contributed by atoms with Crippen molar-refractivity contribution in [2.45, 2.75) is 90.9 Å². The Labute approximate surface area is 226 Å². The number of hydrogen-bond acceptors (Lipinski definition) is 7. The molecule has 2 amide bonds. The van der Waals surface area contributed by atoms with Crippen molar-refractivity contribution < 1.29 is 33.3 Å². The number of likely N-dealkylation sites (tertiary alicyclic amines) is 1. The average Bonchev–Trinajstić information content (AvgIpc) is 3.14. The zero-order chi connectivity index (χ0) is 27.9. The molecule has 0 spiro atoms. The van der Waals surface area contributed by atoms with Crippen LogP contribution in [0.3, 0.4) is 0 Å². The number of nitrogens with zero attached hydrogens (tertiary/aromatic N) is 2. The standard InChI is InChI=1S/C29H44N2O7/c1-28(2,3)37-25(32)19-31-23(20-36-27(31)34)18-22-9-11-24(12-10-22)35-17-7-8-21-13-15-30(16-14-21)26(33)38-29(4,5)6/h9-12,21,23H,7-8,13-20H2,1-6H3/t23-/m0/s1. The number of esters is 1. The lowest BCUT2D eigenvalue weighted by Crippen LogP contribution is -2.41. The molecule has 3 rings (SSSR count). The number of amides is 2. The third-order valence-electron chi connectivity index (χ3n) is 6.48. The molecule has 1 atom stereocenters. The molecule has 0 bridgehead atoms. The Morgan fingerprint density at radius 2 is 1.61 bits per heavy atom. The van der Waals surface area contributed by atoms with E-state index in [-0.39, 0.29) is 25.3 Å². The van der Waals surface area contributed by atoms with Gasteiger partial charge in [-0.3, -0.25) is 9.69 Å². The highest BCUT2D eigenvalue weighted by Crippen LogP contribution is 2.24. The summed E-state index contributed by atoms with van der Waals surface area (Å²) in [6.45, 7) is 13.3. The molecule has 2 aliphatic heterocycles. The predicted molar refractivity (Wildman–Crippen MR) is 143 cm³/mol. The molecule has 0 N–H and O–H groups in total. The van der Waals surface area contributed by atoms with Crippen LogP contribution in [0.5, 0.6) is 5.75 Å². The quantitative estimate of drug-likeness (QED) is 0.245. The van der Waals surface area contributed by atoms with E-state index in [4.69, 9.17) is 18.9 Å². The summed E-state index contributed by atoms with van der Waals surface area (Å²) in [6.07, 6.45) is 3.89. The molecule has 0 aromatic heterocycles. The van der Waals surface area contributed by atoms with Crippen molar-refractivity contribution in [3.63, 3.8) is 0 Å². The van der Waals surface area contributed by atoms with E-state index in [1.807, 2.05) is 49.9 Å². The number of ether oxygens (including phenoxy) is 4. The van der Waals surface area contributed by atoms with Crippen molar-refractivity contribution in [1.29, 1.82) is 0 Å². The number of hydrogen-bond donors (Lipinski definition) is 0. The fourth-order valence-corrected chi connectivity index (χ4v) is 4.65. The molecule has 9 nitrogen and oxygen atoms in total. The summed E-state index contributed by atoms with van der Waals surface area (Å²) in [6, 6.07) is 7.62. The van der Waals surface area contributed by atoms with Gasteiger partial charge in [-0.15, -0.1) is 0 Å². The minimum Gasteiger partial charge on any atom is -0.494 e. The number of piperidine rings is 1. The topological polar surface area (TPSA) is 94.6 Å². The molecule has 0 aliphatic carbocycles. The van der Waals surface area contributed by atoms with Crippen molar-refractivity contribution in [3.05, 3.63) is 29.8 Å². The lowest BCUT2D eigenvalue weighted by molar-refractivity contribution is -0.155. The van der Waals surface area contributed by atoms with Crippen molar-refractivity contribution in [2.24, 2.45) is 5.92 Å². The van der Waals surface area contributed by atoms with Gasteiger partial charge in [-0.25, -0.2) is 9.59 Å². The van der Waals surface area contributed by atoms with Crippen LogP contribution in [0.2, 0.25) is 0 Å². The Morgan fingerprint density at radius 3 is 2.21 bits per heavy atom. The Balaban J connectivity index is 1.36. The van der Waals surface area contributed by atoms with Gasteiger partial charge in [0.2, 0.25) is 0 Å². The summed E-state index contributed by atoms with van der Waals surface area (Å²) >= 11 is 0. The normalized spacial score (nSPS) is 18.8. The van der Waals surface area contributed by atoms with E-state index >= 15 is 0 Å². The summed E-state index contributed by atoms with van der Waals surface area (Å²) in [7, 11) is 0. The molecular weight excluding hydrogens is 488 g/mol. The molecule has 0 saturated carbocycles. The lowest BCUT2D eigenvalue weighted by Gasteiger charge is -2.33. The van der Waals surface area contributed by atoms with Gasteiger partial charge >= 0.3 is 18.2 Å². The predicted octanol–water partition coefficient (Wildman–Crippen LogP) is 5.20. The lowest BCUT2D eigenvalue weighted by atomic mass is 9.92. The molecule has 1 aromatic carbocycles. The maximum Gasteiger partial charge on any atom is 0.410 e. The third kappa shape index (κ3) is 9.72. The van der Waals surface area contributed by atoms with Crippen LogP contribution in [0.4, 0.5) is 9.59 Å². The summed E-state index contributed by atoms with van der Waals surface area (Å²) in [4.78, 5) is 39.8. The molecule has 2 fully saturated rings. The van der Waals surface area contributed by atoms with E-state index in [1.54, 1.807) is 20.8 Å². The molecule has 2 aliphatic rings. The first-order valence-corrected chi connectivity index (χ1v) is 13.6. The van der Waals surface area contributed by atoms with Gasteiger partial charge in [-0.2, -0.15) is 0 Å². The van der Waals surface area contributed by atoms with Crippen LogP contribution in [0.1, 0.15) is 72.8 Å². The number of benzene rings is 1. The molecule has 0 unspecified atom stereocenters. The van der Waals surface area contributed by atoms with Gasteiger partial charge in [0.25, 0.3) is 0 Å². The summed E-state index contributed by atoms with van der Waals surface area (Å²) in [5.41, 5.74) is -0.0346. The highest BCUT2D eigenvalue weighted by molar-refractivity contribution is 5.79. The molecule has 2 heterocycles. The van der Waals surface area contributed by atoms with Gasteiger partial charge in [0, 0.05) is 13.1 Å². The molecule has 212 valence electrons. The molecule has 0 radical (unpaired) electrons. The summed E-state index contributed by atoms with van der Waals surface area (Å²) < 4.78 is 21.9. The van der Waals surface area contributed by atoms with Crippen LogP contribution in [0.15, 0.2) is 24.3 Å². The van der Waals surface area contributed by atoms with Crippen LogP contribution in [-0.4, -0.2) is 78.0 Å². The zero-order valence-electron chi connectivity index (χ0n) is 23.8. The van der Waals surface area contributed by atoms with Gasteiger partial charge in [0.15, 0.2) is 0 Å². The number of carbonyl (C=O) groups is 3. The highest BCUT2D eigenvalue weighted by Gasteiger charge is 2.35. The van der Waals surface area contributed by atoms with Gasteiger partial charge in [0.1, 0.15) is 30.1 Å².